The van der Waals surface area contributed by atoms with Gasteiger partial charge in [0.1, 0.15) is 5.41 Å². The number of hydrogen-bond acceptors (Lipinski definition) is 3. The van der Waals surface area contributed by atoms with Crippen molar-refractivity contribution in [2.45, 2.75) is 58.9 Å². The lowest BCUT2D eigenvalue weighted by Crippen LogP contribution is -2.55. The van der Waals surface area contributed by atoms with Gasteiger partial charge in [0.15, 0.2) is 5.84 Å². The number of nitrogens with zero attached hydrogens (tertiary/aromatic N) is 1. The molecule has 1 fully saturated rings. The molecule has 0 saturated heterocycles. The van der Waals surface area contributed by atoms with E-state index in [1.807, 2.05) is 6.92 Å². The third-order valence-electron chi connectivity index (χ3n) is 4.07. The van der Waals surface area contributed by atoms with Crippen molar-refractivity contribution in [1.82, 2.24) is 5.32 Å². The van der Waals surface area contributed by atoms with Gasteiger partial charge in [-0.1, -0.05) is 31.8 Å². The molecule has 1 aliphatic rings. The fraction of sp³-hybridized carbons (Fsp3) is 0.846. The van der Waals surface area contributed by atoms with Gasteiger partial charge in [0.05, 0.1) is 0 Å². The molecule has 5 nitrogen and oxygen atoms in total. The summed E-state index contributed by atoms with van der Waals surface area (Å²) in [5.74, 6) is 0.531. The van der Waals surface area contributed by atoms with E-state index in [0.29, 0.717) is 18.8 Å². The highest BCUT2D eigenvalue weighted by Gasteiger charge is 2.48. The number of amidine groups is 1. The molecule has 0 radical (unpaired) electrons. The van der Waals surface area contributed by atoms with Gasteiger partial charge in [-0.25, -0.2) is 0 Å². The van der Waals surface area contributed by atoms with Gasteiger partial charge >= 0.3 is 0 Å². The van der Waals surface area contributed by atoms with Gasteiger partial charge in [0.25, 0.3) is 0 Å². The van der Waals surface area contributed by atoms with Crippen LogP contribution in [0.4, 0.5) is 0 Å². The second kappa shape index (κ2) is 6.07. The Kier molecular flexibility index (Phi) is 4.99. The molecule has 4 N–H and O–H groups in total. The number of nitrogens with two attached hydrogens (primary N) is 1. The Morgan fingerprint density at radius 2 is 2.11 bits per heavy atom. The normalized spacial score (nSPS) is 21.8. The van der Waals surface area contributed by atoms with E-state index in [9.17, 15) is 4.79 Å². The summed E-state index contributed by atoms with van der Waals surface area (Å²) in [6.07, 6.45) is 4.35. The molecule has 0 aliphatic heterocycles. The largest absolute Gasteiger partial charge is 0.409 e. The Balaban J connectivity index is 2.59. The molecule has 5 heteroatoms. The van der Waals surface area contributed by atoms with E-state index in [1.165, 1.54) is 0 Å². The number of carbonyl (C=O) groups excluding carboxylic acids is 1. The SMILES string of the molecule is CCC(C)CC(C)NC(=O)C1(C(N)=NO)CCC1. The van der Waals surface area contributed by atoms with E-state index in [4.69, 9.17) is 10.9 Å². The maximum Gasteiger partial charge on any atom is 0.234 e. The Morgan fingerprint density at radius 3 is 2.50 bits per heavy atom. The number of nitrogens with one attached hydrogen (secondary N) is 1. The first-order valence-electron chi connectivity index (χ1n) is 6.75. The summed E-state index contributed by atoms with van der Waals surface area (Å²) in [5, 5.41) is 14.8. The van der Waals surface area contributed by atoms with E-state index in [0.717, 1.165) is 19.3 Å². The molecule has 0 aromatic rings. The average Bonchev–Trinajstić information content (AvgIpc) is 2.26. The molecule has 1 amide bonds. The molecular formula is C13H25N3O2. The summed E-state index contributed by atoms with van der Waals surface area (Å²) in [6, 6.07) is 0.122. The number of amides is 1. The first-order chi connectivity index (χ1) is 8.46. The Hall–Kier alpha value is -1.26. The van der Waals surface area contributed by atoms with Crippen molar-refractivity contribution < 1.29 is 10.0 Å². The maximum atomic E-state index is 12.2. The minimum Gasteiger partial charge on any atom is -0.409 e. The van der Waals surface area contributed by atoms with Crippen LogP contribution in [0.25, 0.3) is 0 Å². The van der Waals surface area contributed by atoms with Gasteiger partial charge in [-0.05, 0) is 32.1 Å². The van der Waals surface area contributed by atoms with E-state index in [1.54, 1.807) is 0 Å². The monoisotopic (exact) mass is 255 g/mol. The minimum atomic E-state index is -0.765. The van der Waals surface area contributed by atoms with Crippen LogP contribution in [0.2, 0.25) is 0 Å². The summed E-state index contributed by atoms with van der Waals surface area (Å²) in [5.41, 5.74) is 4.89. The minimum absolute atomic E-state index is 0.0435. The van der Waals surface area contributed by atoms with Crippen molar-refractivity contribution in [3.05, 3.63) is 0 Å². The highest BCUT2D eigenvalue weighted by atomic mass is 16.4. The van der Waals surface area contributed by atoms with Crippen LogP contribution in [0.5, 0.6) is 0 Å². The summed E-state index contributed by atoms with van der Waals surface area (Å²) in [7, 11) is 0. The second-order valence-corrected chi connectivity index (χ2v) is 5.54. The Bertz CT molecular complexity index is 324. The Labute approximate surface area is 109 Å². The number of oxime groups is 1. The van der Waals surface area contributed by atoms with Gasteiger partial charge in [-0.15, -0.1) is 0 Å². The molecule has 0 spiro atoms. The summed E-state index contributed by atoms with van der Waals surface area (Å²) in [6.45, 7) is 6.32. The van der Waals surface area contributed by atoms with Crippen LogP contribution in [-0.4, -0.2) is 23.0 Å². The van der Waals surface area contributed by atoms with Crippen LogP contribution in [0.3, 0.4) is 0 Å². The zero-order chi connectivity index (χ0) is 13.8. The number of hydrogen-bond donors (Lipinski definition) is 3. The van der Waals surface area contributed by atoms with E-state index < -0.39 is 5.41 Å². The lowest BCUT2D eigenvalue weighted by molar-refractivity contribution is -0.131. The molecule has 0 heterocycles. The van der Waals surface area contributed by atoms with Crippen molar-refractivity contribution >= 4 is 11.7 Å². The van der Waals surface area contributed by atoms with Crippen molar-refractivity contribution in [3.8, 4) is 0 Å². The van der Waals surface area contributed by atoms with Gasteiger partial charge in [0.2, 0.25) is 5.91 Å². The van der Waals surface area contributed by atoms with E-state index in [-0.39, 0.29) is 17.8 Å². The molecular weight excluding hydrogens is 230 g/mol. The number of carbonyl (C=O) groups is 1. The van der Waals surface area contributed by atoms with Crippen molar-refractivity contribution in [2.75, 3.05) is 0 Å². The fourth-order valence-corrected chi connectivity index (χ4v) is 2.42. The average molecular weight is 255 g/mol. The zero-order valence-corrected chi connectivity index (χ0v) is 11.6. The van der Waals surface area contributed by atoms with Crippen molar-refractivity contribution in [3.63, 3.8) is 0 Å². The maximum absolute atomic E-state index is 12.2. The van der Waals surface area contributed by atoms with Crippen LogP contribution in [0.1, 0.15) is 52.9 Å². The molecule has 18 heavy (non-hydrogen) atoms. The van der Waals surface area contributed by atoms with Crippen LogP contribution in [0.15, 0.2) is 5.16 Å². The summed E-state index contributed by atoms with van der Waals surface area (Å²) in [4.78, 5) is 12.2. The fourth-order valence-electron chi connectivity index (χ4n) is 2.42. The predicted octanol–water partition coefficient (Wildman–Crippen LogP) is 1.84. The van der Waals surface area contributed by atoms with Crippen LogP contribution in [-0.2, 0) is 4.79 Å². The highest BCUT2D eigenvalue weighted by molar-refractivity contribution is 6.07. The standard InChI is InChI=1S/C13H25N3O2/c1-4-9(2)8-10(3)15-12(17)13(6-5-7-13)11(14)16-18/h9-10,18H,4-8H2,1-3H3,(H2,14,16)(H,15,17). The third kappa shape index (κ3) is 2.94. The molecule has 0 aromatic carbocycles. The van der Waals surface area contributed by atoms with Gasteiger partial charge in [0, 0.05) is 6.04 Å². The van der Waals surface area contributed by atoms with Gasteiger partial charge in [-0.3, -0.25) is 4.79 Å². The van der Waals surface area contributed by atoms with Crippen LogP contribution in [0, 0.1) is 11.3 Å². The van der Waals surface area contributed by atoms with Crippen LogP contribution < -0.4 is 11.1 Å². The molecule has 2 atom stereocenters. The quantitative estimate of drug-likeness (QED) is 0.293. The lowest BCUT2D eigenvalue weighted by Gasteiger charge is -2.39. The molecule has 1 saturated carbocycles. The van der Waals surface area contributed by atoms with Crippen LogP contribution >= 0.6 is 0 Å². The highest BCUT2D eigenvalue weighted by Crippen LogP contribution is 2.41. The van der Waals surface area contributed by atoms with Crippen molar-refractivity contribution in [1.29, 1.82) is 0 Å². The molecule has 1 aliphatic carbocycles. The second-order valence-electron chi connectivity index (χ2n) is 5.54. The first kappa shape index (κ1) is 14.8. The predicted molar refractivity (Wildman–Crippen MR) is 71.4 cm³/mol. The number of rotatable bonds is 6. The summed E-state index contributed by atoms with van der Waals surface area (Å²) < 4.78 is 0. The third-order valence-corrected chi connectivity index (χ3v) is 4.07. The molecule has 0 bridgehead atoms. The summed E-state index contributed by atoms with van der Waals surface area (Å²) >= 11 is 0. The zero-order valence-electron chi connectivity index (χ0n) is 11.6. The van der Waals surface area contributed by atoms with E-state index in [2.05, 4.69) is 24.3 Å². The lowest BCUT2D eigenvalue weighted by atomic mass is 9.67. The smallest absolute Gasteiger partial charge is 0.234 e. The first-order valence-corrected chi connectivity index (χ1v) is 6.75. The molecule has 0 aromatic heterocycles. The molecule has 104 valence electrons. The Morgan fingerprint density at radius 1 is 1.50 bits per heavy atom. The van der Waals surface area contributed by atoms with Gasteiger partial charge in [-0.2, -0.15) is 0 Å². The topological polar surface area (TPSA) is 87.7 Å². The molecule has 2 unspecified atom stereocenters. The molecule has 1 rings (SSSR count). The van der Waals surface area contributed by atoms with Gasteiger partial charge < -0.3 is 16.3 Å². The van der Waals surface area contributed by atoms with Crippen molar-refractivity contribution in [2.24, 2.45) is 22.2 Å². The van der Waals surface area contributed by atoms with E-state index >= 15 is 0 Å².